The van der Waals surface area contributed by atoms with Crippen LogP contribution < -0.4 is 0 Å². The van der Waals surface area contributed by atoms with Crippen molar-refractivity contribution in [1.82, 2.24) is 39.9 Å². The minimum atomic E-state index is -4.87. The van der Waals surface area contributed by atoms with E-state index in [-0.39, 0.29) is 43.5 Å². The van der Waals surface area contributed by atoms with Gasteiger partial charge in [0, 0.05) is 22.3 Å². The molecule has 4 heterocycles. The van der Waals surface area contributed by atoms with Crippen LogP contribution in [-0.2, 0) is 40.5 Å². The van der Waals surface area contributed by atoms with Crippen molar-refractivity contribution in [3.05, 3.63) is 109 Å². The van der Waals surface area contributed by atoms with Gasteiger partial charge in [-0.15, -0.1) is 0 Å². The summed E-state index contributed by atoms with van der Waals surface area (Å²) in [6.07, 6.45) is 0. The van der Waals surface area contributed by atoms with E-state index in [1.165, 1.54) is 24.3 Å². The van der Waals surface area contributed by atoms with Gasteiger partial charge in [0.1, 0.15) is 65.9 Å². The summed E-state index contributed by atoms with van der Waals surface area (Å²) in [5, 5.41) is 0. The molecule has 14 N–H and O–H groups in total. The van der Waals surface area contributed by atoms with Crippen LogP contribution in [0.4, 0.5) is 0 Å². The fourth-order valence-electron chi connectivity index (χ4n) is 7.53. The minimum Gasteiger partial charge on any atom is -0.338 e. The summed E-state index contributed by atoms with van der Waals surface area (Å²) in [6.45, 7) is 1.62. The van der Waals surface area contributed by atoms with Gasteiger partial charge in [0.2, 0.25) is 0 Å². The first kappa shape index (κ1) is 51.2. The highest BCUT2D eigenvalue weighted by Crippen LogP contribution is 2.47. The predicted octanol–water partition coefficient (Wildman–Crippen LogP) is 8.01. The molecule has 0 unspecified atom stereocenters. The molecule has 6 aromatic carbocycles. The molecule has 4 aromatic heterocycles. The zero-order chi connectivity index (χ0) is 53.0. The molecule has 0 aliphatic rings. The number of rotatable bonds is 10. The van der Waals surface area contributed by atoms with Crippen LogP contribution in [0.3, 0.4) is 0 Å². The number of aromatic amines is 4. The van der Waals surface area contributed by atoms with Crippen molar-refractivity contribution in [2.75, 3.05) is 0 Å². The van der Waals surface area contributed by atoms with E-state index < -0.39 is 81.8 Å². The number of H-pyrrole nitrogens is 4. The lowest BCUT2D eigenvalue weighted by molar-refractivity contribution is 0.373. The molecule has 0 aliphatic carbocycles. The number of fused-ring (bicyclic) bond motifs is 4. The van der Waals surface area contributed by atoms with Gasteiger partial charge in [-0.1, -0.05) is 48.5 Å². The summed E-state index contributed by atoms with van der Waals surface area (Å²) in [5.74, 6) is 1.22. The Morgan fingerprint density at radius 1 is 0.342 bits per heavy atom. The molecule has 0 bridgehead atoms. The molecule has 0 spiro atoms. The quantitative estimate of drug-likeness (QED) is 0.0576. The zero-order valence-corrected chi connectivity index (χ0v) is 41.2. The van der Waals surface area contributed by atoms with Crippen LogP contribution in [0.25, 0.3) is 89.7 Å². The minimum absolute atomic E-state index is 0.0281. The van der Waals surface area contributed by atoms with Gasteiger partial charge in [0.15, 0.2) is 0 Å². The number of aromatic nitrogens is 8. The summed E-state index contributed by atoms with van der Waals surface area (Å²) < 4.78 is 188. The van der Waals surface area contributed by atoms with Crippen LogP contribution in [0.15, 0.2) is 133 Å². The van der Waals surface area contributed by atoms with E-state index in [1.807, 2.05) is 0 Å². The third-order valence-electron chi connectivity index (χ3n) is 10.9. The SMILES string of the molecule is Cc1cc2[nH]c(-c3ccc(-c4nc5c(S(=O)(=O)O)cc(S(=O)(=O)O)cc5[nH]4)cc3)nc2cc1S(O)(O)O.O=S(=O)(O)c1cc(S(=O)(=O)O)c2nc(-c3ccc(-c4nc5ccc(S(O)(O)O)cc5[nH]4)cc3)[nH]c2c1. The largest absolute Gasteiger partial charge is 0.338 e. The predicted molar refractivity (Wildman–Crippen MR) is 265 cm³/mol. The summed E-state index contributed by atoms with van der Waals surface area (Å²) in [7, 11) is -27.1. The molecule has 0 fully saturated rings. The highest BCUT2D eigenvalue weighted by Gasteiger charge is 2.26. The second-order valence-electron chi connectivity index (χ2n) is 15.9. The van der Waals surface area contributed by atoms with Crippen molar-refractivity contribution in [3.63, 3.8) is 0 Å². The first-order valence-corrected chi connectivity index (χ1v) is 28.8. The van der Waals surface area contributed by atoms with Gasteiger partial charge < -0.3 is 47.3 Å². The lowest BCUT2D eigenvalue weighted by atomic mass is 10.1. The van der Waals surface area contributed by atoms with Gasteiger partial charge in [0.05, 0.1) is 52.7 Å². The monoisotopic (exact) mass is 1120 g/mol. The first-order valence-electron chi connectivity index (χ1n) is 20.0. The van der Waals surface area contributed by atoms with Gasteiger partial charge in [-0.25, -0.2) is 19.9 Å². The Morgan fingerprint density at radius 2 is 0.699 bits per heavy atom. The molecule has 0 aliphatic heterocycles. The van der Waals surface area contributed by atoms with Crippen molar-refractivity contribution in [2.45, 2.75) is 36.3 Å². The van der Waals surface area contributed by atoms with Gasteiger partial charge >= 0.3 is 0 Å². The highest BCUT2D eigenvalue weighted by atomic mass is 32.3. The van der Waals surface area contributed by atoms with Gasteiger partial charge in [0.25, 0.3) is 40.5 Å². The maximum atomic E-state index is 11.8. The van der Waals surface area contributed by atoms with Crippen molar-refractivity contribution in [3.8, 4) is 45.6 Å². The maximum Gasteiger partial charge on any atom is 0.296 e. The highest BCUT2D eigenvalue weighted by molar-refractivity contribution is 8.19. The van der Waals surface area contributed by atoms with Crippen molar-refractivity contribution in [2.24, 2.45) is 0 Å². The Hall–Kier alpha value is -6.70. The smallest absolute Gasteiger partial charge is 0.296 e. The molecule has 382 valence electrons. The Balaban J connectivity index is 0.000000180. The van der Waals surface area contributed by atoms with Crippen LogP contribution in [0.5, 0.6) is 0 Å². The van der Waals surface area contributed by atoms with Crippen molar-refractivity contribution in [1.29, 1.82) is 0 Å². The fourth-order valence-corrected chi connectivity index (χ4v) is 11.4. The Kier molecular flexibility index (Phi) is 12.5. The molecule has 0 amide bonds. The van der Waals surface area contributed by atoms with E-state index in [1.54, 1.807) is 61.5 Å². The summed E-state index contributed by atoms with van der Waals surface area (Å²) in [6, 6.07) is 23.7. The average molecular weight is 1120 g/mol. The van der Waals surface area contributed by atoms with E-state index in [9.17, 15) is 79.2 Å². The summed E-state index contributed by atoms with van der Waals surface area (Å²) >= 11 is 0. The van der Waals surface area contributed by atoms with Gasteiger partial charge in [-0.2, -0.15) is 33.7 Å². The third kappa shape index (κ3) is 10.4. The fraction of sp³-hybridized carbons (Fsp3) is 0.0244. The molecule has 32 heteroatoms. The number of nitrogens with zero attached hydrogens (tertiary/aromatic N) is 4. The number of imidazole rings is 4. The van der Waals surface area contributed by atoms with Crippen LogP contribution in [-0.4, -0.2) is 119 Å². The number of hydrogen-bond acceptors (Lipinski definition) is 18. The second-order valence-corrected chi connectivity index (χ2v) is 24.5. The Morgan fingerprint density at radius 3 is 1.07 bits per heavy atom. The van der Waals surface area contributed by atoms with Crippen molar-refractivity contribution >= 4 is 106 Å². The molecule has 0 atom stereocenters. The second kappa shape index (κ2) is 17.8. The number of nitrogens with one attached hydrogen (secondary N) is 4. The van der Waals surface area contributed by atoms with Gasteiger partial charge in [-0.3, -0.25) is 18.2 Å². The number of aryl methyl sites for hydroxylation is 1. The molecule has 73 heavy (non-hydrogen) atoms. The average Bonchev–Trinajstić information content (AvgIpc) is 4.10. The maximum absolute atomic E-state index is 11.8. The van der Waals surface area contributed by atoms with E-state index in [0.717, 1.165) is 12.1 Å². The van der Waals surface area contributed by atoms with E-state index in [4.69, 9.17) is 0 Å². The van der Waals surface area contributed by atoms with Gasteiger partial charge in [-0.05, 0) is 67.1 Å². The Labute approximate surface area is 413 Å². The topological polar surface area (TPSA) is 454 Å². The molecule has 0 saturated carbocycles. The molecule has 26 nitrogen and oxygen atoms in total. The summed E-state index contributed by atoms with van der Waals surface area (Å²) in [4.78, 5) is 25.8. The number of benzene rings is 6. The van der Waals surface area contributed by atoms with E-state index in [0.29, 0.717) is 73.7 Å². The van der Waals surface area contributed by atoms with Crippen LogP contribution >= 0.6 is 21.7 Å². The Bertz CT molecular complexity index is 4350. The molecule has 10 aromatic rings. The van der Waals surface area contributed by atoms with Crippen LogP contribution in [0.1, 0.15) is 5.56 Å². The summed E-state index contributed by atoms with van der Waals surface area (Å²) in [5.41, 5.74) is 4.18. The van der Waals surface area contributed by atoms with Crippen molar-refractivity contribution < 1.29 is 79.2 Å². The molecular formula is C41H34N8O18S6. The lowest BCUT2D eigenvalue weighted by Crippen LogP contribution is -2.04. The molecule has 0 saturated heterocycles. The third-order valence-corrected chi connectivity index (χ3v) is 16.2. The molecular weight excluding hydrogens is 1080 g/mol. The normalized spacial score (nSPS) is 13.5. The van der Waals surface area contributed by atoms with Crippen LogP contribution in [0, 0.1) is 6.92 Å². The lowest BCUT2D eigenvalue weighted by Gasteiger charge is -2.21. The first-order chi connectivity index (χ1) is 33.8. The standard InChI is InChI=1S/C21H18N4O9S3.C20H16N4O9S3/c1-10-6-14-15(9-17(10)36(29,30)31)23-20(22-14)11-2-4-12(5-3-11)21-24-16-7-13(35(26,27)28)8-18(19(16)25-21)37(32,33)34;25-34(26,27)12-5-6-14-15(7-12)22-19(21-14)10-1-3-11(4-2-10)20-23-16-8-13(35(28,29)30)9-17(18(16)24-20)36(31,32)33/h2-9,29-31H,1H3,(H,22,23)(H,24,25)(H,26,27,28)(H,32,33,34);1-9,25-27H,(H,21,22)(H,23,24)(H,28,29,30)(H,31,32,33). The number of hydrogen-bond donors (Lipinski definition) is 14. The zero-order valence-electron chi connectivity index (χ0n) is 36.3. The molecule has 0 radical (unpaired) electrons. The van der Waals surface area contributed by atoms with E-state index >= 15 is 0 Å². The van der Waals surface area contributed by atoms with Crippen LogP contribution in [0.2, 0.25) is 0 Å². The molecule has 10 rings (SSSR count). The van der Waals surface area contributed by atoms with E-state index in [2.05, 4.69) is 39.9 Å².